The molecule has 2 N–H and O–H groups in total. The van der Waals surface area contributed by atoms with E-state index in [1.54, 1.807) is 4.90 Å². The van der Waals surface area contributed by atoms with Crippen molar-refractivity contribution < 1.29 is 14.7 Å². The Labute approximate surface area is 125 Å². The third kappa shape index (κ3) is 4.56. The Morgan fingerprint density at radius 2 is 2.00 bits per heavy atom. The number of carbonyl (C=O) groups excluding carboxylic acids is 1. The highest BCUT2D eigenvalue weighted by molar-refractivity contribution is 5.84. The minimum atomic E-state index is -0.913. The number of nitrogens with zero attached hydrogens (tertiary/aromatic N) is 1. The average molecular weight is 290 g/mol. The van der Waals surface area contributed by atoms with Crippen LogP contribution in [0.2, 0.25) is 0 Å². The number of amides is 1. The monoisotopic (exact) mass is 290 g/mol. The Hall–Kier alpha value is -1.88. The molecule has 1 unspecified atom stereocenters. The smallest absolute Gasteiger partial charge is 0.317 e. The molecule has 5 nitrogen and oxygen atoms in total. The van der Waals surface area contributed by atoms with Crippen molar-refractivity contribution in [3.63, 3.8) is 0 Å². The van der Waals surface area contributed by atoms with Crippen molar-refractivity contribution in [3.05, 3.63) is 35.9 Å². The van der Waals surface area contributed by atoms with E-state index in [4.69, 9.17) is 5.11 Å². The van der Waals surface area contributed by atoms with Crippen LogP contribution in [0.3, 0.4) is 0 Å². The predicted octanol–water partition coefficient (Wildman–Crippen LogP) is 1.80. The van der Waals surface area contributed by atoms with E-state index in [-0.39, 0.29) is 18.5 Å². The van der Waals surface area contributed by atoms with Gasteiger partial charge in [0.05, 0.1) is 6.54 Å². The maximum atomic E-state index is 12.5. The normalized spacial score (nSPS) is 15.7. The summed E-state index contributed by atoms with van der Waals surface area (Å²) < 4.78 is 0. The molecule has 1 aliphatic carbocycles. The quantitative estimate of drug-likeness (QED) is 0.766. The molecule has 0 bridgehead atoms. The zero-order valence-corrected chi connectivity index (χ0v) is 12.3. The Balaban J connectivity index is 2.23. The highest BCUT2D eigenvalue weighted by atomic mass is 16.4. The van der Waals surface area contributed by atoms with Crippen LogP contribution in [0.1, 0.15) is 37.8 Å². The lowest BCUT2D eigenvalue weighted by Gasteiger charge is -2.29. The molecule has 2 rings (SSSR count). The van der Waals surface area contributed by atoms with Crippen molar-refractivity contribution in [2.24, 2.45) is 0 Å². The second-order valence-corrected chi connectivity index (χ2v) is 5.46. The van der Waals surface area contributed by atoms with E-state index in [0.29, 0.717) is 6.54 Å². The van der Waals surface area contributed by atoms with Gasteiger partial charge in [0.2, 0.25) is 5.91 Å². The van der Waals surface area contributed by atoms with Gasteiger partial charge in [-0.15, -0.1) is 0 Å². The molecule has 1 saturated carbocycles. The van der Waals surface area contributed by atoms with Crippen molar-refractivity contribution >= 4 is 11.9 Å². The minimum absolute atomic E-state index is 0.0987. The topological polar surface area (TPSA) is 69.6 Å². The van der Waals surface area contributed by atoms with Crippen molar-refractivity contribution in [2.45, 2.75) is 38.3 Å². The van der Waals surface area contributed by atoms with Gasteiger partial charge >= 0.3 is 5.97 Å². The number of carbonyl (C=O) groups is 2. The van der Waals surface area contributed by atoms with Crippen molar-refractivity contribution in [1.82, 2.24) is 10.2 Å². The maximum Gasteiger partial charge on any atom is 0.317 e. The summed E-state index contributed by atoms with van der Waals surface area (Å²) in [5.41, 5.74) is 0.838. The number of aliphatic carboxylic acids is 1. The standard InChI is InChI=1S/C16H22N2O3/c1-2-10-18(11-14(19)20)15(12-6-4-3-5-7-12)16(21)17-13-8-9-13/h3-7,13,15H,2,8-11H2,1H3,(H,17,21)(H,19,20). The van der Waals surface area contributed by atoms with Gasteiger partial charge in [0, 0.05) is 6.04 Å². The Kier molecular flexibility index (Phi) is 5.33. The van der Waals surface area contributed by atoms with E-state index < -0.39 is 12.0 Å². The van der Waals surface area contributed by atoms with Crippen LogP contribution in [0.4, 0.5) is 0 Å². The molecular formula is C16H22N2O3. The van der Waals surface area contributed by atoms with Crippen LogP contribution in [-0.2, 0) is 9.59 Å². The molecule has 114 valence electrons. The lowest BCUT2D eigenvalue weighted by atomic mass is 10.0. The molecule has 1 aromatic rings. The fraction of sp³-hybridized carbons (Fsp3) is 0.500. The number of benzene rings is 1. The van der Waals surface area contributed by atoms with Crippen molar-refractivity contribution in [1.29, 1.82) is 0 Å². The fourth-order valence-electron chi connectivity index (χ4n) is 2.43. The number of carboxylic acids is 1. The summed E-state index contributed by atoms with van der Waals surface area (Å²) in [4.78, 5) is 25.4. The molecule has 1 amide bonds. The summed E-state index contributed by atoms with van der Waals surface area (Å²) in [5.74, 6) is -1.01. The van der Waals surface area contributed by atoms with Gasteiger partial charge in [-0.3, -0.25) is 14.5 Å². The Bertz CT molecular complexity index is 486. The van der Waals surface area contributed by atoms with Crippen LogP contribution in [0.25, 0.3) is 0 Å². The van der Waals surface area contributed by atoms with E-state index >= 15 is 0 Å². The molecule has 0 heterocycles. The summed E-state index contributed by atoms with van der Waals surface area (Å²) in [6.07, 6.45) is 2.83. The molecule has 1 aliphatic rings. The predicted molar refractivity (Wildman–Crippen MR) is 79.8 cm³/mol. The molecule has 0 aromatic heterocycles. The second-order valence-electron chi connectivity index (χ2n) is 5.46. The number of carboxylic acid groups (broad SMARTS) is 1. The van der Waals surface area contributed by atoms with E-state index in [1.807, 2.05) is 37.3 Å². The molecule has 5 heteroatoms. The maximum absolute atomic E-state index is 12.5. The van der Waals surface area contributed by atoms with Crippen LogP contribution in [0.15, 0.2) is 30.3 Å². The summed E-state index contributed by atoms with van der Waals surface area (Å²) in [6.45, 7) is 2.42. The first-order valence-electron chi connectivity index (χ1n) is 7.43. The van der Waals surface area contributed by atoms with E-state index in [9.17, 15) is 9.59 Å². The molecule has 1 atom stereocenters. The number of nitrogens with one attached hydrogen (secondary N) is 1. The molecule has 0 radical (unpaired) electrons. The van der Waals surface area contributed by atoms with Crippen LogP contribution < -0.4 is 5.32 Å². The first-order chi connectivity index (χ1) is 10.1. The number of hydrogen-bond acceptors (Lipinski definition) is 3. The van der Waals surface area contributed by atoms with E-state index in [0.717, 1.165) is 24.8 Å². The first kappa shape index (κ1) is 15.5. The fourth-order valence-corrected chi connectivity index (χ4v) is 2.43. The molecular weight excluding hydrogens is 268 g/mol. The average Bonchev–Trinajstić information content (AvgIpc) is 3.23. The van der Waals surface area contributed by atoms with Crippen molar-refractivity contribution in [2.75, 3.05) is 13.1 Å². The van der Waals surface area contributed by atoms with Gasteiger partial charge in [0.1, 0.15) is 6.04 Å². The lowest BCUT2D eigenvalue weighted by Crippen LogP contribution is -2.43. The van der Waals surface area contributed by atoms with E-state index in [2.05, 4.69) is 5.32 Å². The number of hydrogen-bond donors (Lipinski definition) is 2. The van der Waals surface area contributed by atoms with Crippen LogP contribution in [-0.4, -0.2) is 41.0 Å². The Morgan fingerprint density at radius 3 is 2.52 bits per heavy atom. The highest BCUT2D eigenvalue weighted by Gasteiger charge is 2.32. The molecule has 0 saturated heterocycles. The largest absolute Gasteiger partial charge is 0.480 e. The third-order valence-electron chi connectivity index (χ3n) is 3.50. The SMILES string of the molecule is CCCN(CC(=O)O)C(C(=O)NC1CC1)c1ccccc1. The minimum Gasteiger partial charge on any atom is -0.480 e. The van der Waals surface area contributed by atoms with Gasteiger partial charge in [-0.2, -0.15) is 0 Å². The zero-order chi connectivity index (χ0) is 15.2. The van der Waals surface area contributed by atoms with Gasteiger partial charge in [0.25, 0.3) is 0 Å². The van der Waals surface area contributed by atoms with Gasteiger partial charge in [-0.05, 0) is 31.4 Å². The molecule has 21 heavy (non-hydrogen) atoms. The number of rotatable bonds is 8. The summed E-state index contributed by atoms with van der Waals surface area (Å²) in [5, 5.41) is 12.1. The van der Waals surface area contributed by atoms with Gasteiger partial charge in [0.15, 0.2) is 0 Å². The first-order valence-corrected chi connectivity index (χ1v) is 7.43. The summed E-state index contributed by atoms with van der Waals surface area (Å²) in [7, 11) is 0. The van der Waals surface area contributed by atoms with Gasteiger partial charge in [-0.1, -0.05) is 37.3 Å². The molecule has 0 aliphatic heterocycles. The second kappa shape index (κ2) is 7.22. The van der Waals surface area contributed by atoms with Crippen LogP contribution in [0.5, 0.6) is 0 Å². The summed E-state index contributed by atoms with van der Waals surface area (Å²) in [6, 6.07) is 9.11. The van der Waals surface area contributed by atoms with Gasteiger partial charge < -0.3 is 10.4 Å². The van der Waals surface area contributed by atoms with Gasteiger partial charge in [-0.25, -0.2) is 0 Å². The Morgan fingerprint density at radius 1 is 1.33 bits per heavy atom. The molecule has 0 spiro atoms. The third-order valence-corrected chi connectivity index (χ3v) is 3.50. The van der Waals surface area contributed by atoms with Crippen LogP contribution in [0, 0.1) is 0 Å². The molecule has 1 aromatic carbocycles. The summed E-state index contributed by atoms with van der Waals surface area (Å²) >= 11 is 0. The lowest BCUT2D eigenvalue weighted by molar-refractivity contribution is -0.140. The molecule has 1 fully saturated rings. The van der Waals surface area contributed by atoms with Crippen LogP contribution >= 0.6 is 0 Å². The van der Waals surface area contributed by atoms with Crippen molar-refractivity contribution in [3.8, 4) is 0 Å². The van der Waals surface area contributed by atoms with E-state index in [1.165, 1.54) is 0 Å². The zero-order valence-electron chi connectivity index (χ0n) is 12.3. The highest BCUT2D eigenvalue weighted by Crippen LogP contribution is 2.25.